The van der Waals surface area contributed by atoms with Gasteiger partial charge in [0.1, 0.15) is 10.8 Å². The molecule has 0 amide bonds. The summed E-state index contributed by atoms with van der Waals surface area (Å²) in [5.41, 5.74) is 8.32. The smallest absolute Gasteiger partial charge is 0.131 e. The van der Waals surface area contributed by atoms with E-state index in [9.17, 15) is 0 Å². The summed E-state index contributed by atoms with van der Waals surface area (Å²) in [4.78, 5) is 9.01. The van der Waals surface area contributed by atoms with E-state index in [1.165, 1.54) is 0 Å². The second kappa shape index (κ2) is 5.46. The van der Waals surface area contributed by atoms with E-state index in [1.54, 1.807) is 6.20 Å². The van der Waals surface area contributed by atoms with Gasteiger partial charge in [0.25, 0.3) is 0 Å². The lowest BCUT2D eigenvalue weighted by Crippen LogP contribution is -2.10. The van der Waals surface area contributed by atoms with Gasteiger partial charge < -0.3 is 11.1 Å². The molecular formula is C16H14N4S. The Kier molecular flexibility index (Phi) is 3.50. The fourth-order valence-electron chi connectivity index (χ4n) is 2.24. The fraction of sp³-hybridized carbons (Fsp3) is 0.0625. The molecule has 0 radical (unpaired) electrons. The lowest BCUT2D eigenvalue weighted by atomic mass is 10.1. The molecule has 5 heteroatoms. The van der Waals surface area contributed by atoms with Gasteiger partial charge in [-0.05, 0) is 36.6 Å². The predicted octanol–water partition coefficient (Wildman–Crippen LogP) is 3.32. The molecule has 2 heterocycles. The van der Waals surface area contributed by atoms with E-state index in [1.807, 2.05) is 49.5 Å². The van der Waals surface area contributed by atoms with Crippen LogP contribution in [-0.4, -0.2) is 15.0 Å². The summed E-state index contributed by atoms with van der Waals surface area (Å²) < 4.78 is 0. The minimum atomic E-state index is 0.364. The first-order chi connectivity index (χ1) is 10.1. The van der Waals surface area contributed by atoms with Crippen LogP contribution >= 0.6 is 12.2 Å². The van der Waals surface area contributed by atoms with E-state index >= 15 is 0 Å². The van der Waals surface area contributed by atoms with Crippen molar-refractivity contribution < 1.29 is 0 Å². The Labute approximate surface area is 128 Å². The highest BCUT2D eigenvalue weighted by Crippen LogP contribution is 2.25. The molecule has 0 saturated carbocycles. The molecule has 0 atom stereocenters. The molecule has 0 aliphatic carbocycles. The fourth-order valence-corrected chi connectivity index (χ4v) is 2.35. The Hall–Kier alpha value is -2.53. The van der Waals surface area contributed by atoms with E-state index in [-0.39, 0.29) is 0 Å². The number of rotatable bonds is 3. The average molecular weight is 294 g/mol. The number of thiocarbonyl (C=S) groups is 1. The van der Waals surface area contributed by atoms with Crippen molar-refractivity contribution in [2.75, 3.05) is 5.32 Å². The van der Waals surface area contributed by atoms with Gasteiger partial charge in [0.05, 0.1) is 0 Å². The van der Waals surface area contributed by atoms with Gasteiger partial charge in [-0.3, -0.25) is 4.98 Å². The van der Waals surface area contributed by atoms with Crippen molar-refractivity contribution in [3.63, 3.8) is 0 Å². The van der Waals surface area contributed by atoms with Crippen LogP contribution in [0.5, 0.6) is 0 Å². The monoisotopic (exact) mass is 294 g/mol. The van der Waals surface area contributed by atoms with E-state index < -0.39 is 0 Å². The van der Waals surface area contributed by atoms with Crippen LogP contribution in [0.3, 0.4) is 0 Å². The summed E-state index contributed by atoms with van der Waals surface area (Å²) in [5, 5.41) is 5.48. The van der Waals surface area contributed by atoms with Gasteiger partial charge in [0.2, 0.25) is 0 Å². The largest absolute Gasteiger partial charge is 0.389 e. The standard InChI is InChI=1S/C16H14N4S/c1-10-7-12(16(17)21)8-15(19-10)20-14-4-2-3-11-5-6-18-9-13(11)14/h2-9H,1H3,(H2,17,21)(H,19,20). The minimum absolute atomic E-state index is 0.364. The van der Waals surface area contributed by atoms with Crippen LogP contribution in [0.2, 0.25) is 0 Å². The van der Waals surface area contributed by atoms with Crippen LogP contribution in [0.15, 0.2) is 48.8 Å². The number of aryl methyl sites for hydroxylation is 1. The topological polar surface area (TPSA) is 63.8 Å². The molecule has 0 bridgehead atoms. The molecule has 21 heavy (non-hydrogen) atoms. The summed E-state index contributed by atoms with van der Waals surface area (Å²) in [7, 11) is 0. The SMILES string of the molecule is Cc1cc(C(N)=S)cc(Nc2cccc3ccncc23)n1. The van der Waals surface area contributed by atoms with Gasteiger partial charge in [0.15, 0.2) is 0 Å². The molecule has 104 valence electrons. The molecule has 0 aliphatic heterocycles. The van der Waals surface area contributed by atoms with E-state index in [0.29, 0.717) is 10.8 Å². The molecule has 2 aromatic heterocycles. The van der Waals surface area contributed by atoms with Crippen molar-refractivity contribution in [2.45, 2.75) is 6.92 Å². The minimum Gasteiger partial charge on any atom is -0.389 e. The number of nitrogens with two attached hydrogens (primary N) is 1. The molecule has 1 aromatic carbocycles. The predicted molar refractivity (Wildman–Crippen MR) is 89.9 cm³/mol. The molecule has 0 unspecified atom stereocenters. The Bertz CT molecular complexity index is 824. The summed E-state index contributed by atoms with van der Waals surface area (Å²) in [6.07, 6.45) is 3.62. The molecule has 3 rings (SSSR count). The van der Waals surface area contributed by atoms with Crippen molar-refractivity contribution in [3.05, 3.63) is 60.0 Å². The second-order valence-electron chi connectivity index (χ2n) is 4.77. The van der Waals surface area contributed by atoms with Crippen molar-refractivity contribution in [3.8, 4) is 0 Å². The maximum Gasteiger partial charge on any atom is 0.131 e. The van der Waals surface area contributed by atoms with E-state index in [0.717, 1.165) is 27.7 Å². The molecule has 0 fully saturated rings. The molecule has 3 N–H and O–H groups in total. The van der Waals surface area contributed by atoms with Gasteiger partial charge in [-0.15, -0.1) is 0 Å². The Balaban J connectivity index is 2.05. The summed E-state index contributed by atoms with van der Waals surface area (Å²) in [6.45, 7) is 1.91. The number of anilines is 2. The molecule has 0 aliphatic rings. The highest BCUT2D eigenvalue weighted by Gasteiger charge is 2.05. The number of nitrogens with one attached hydrogen (secondary N) is 1. The highest BCUT2D eigenvalue weighted by molar-refractivity contribution is 7.80. The number of aromatic nitrogens is 2. The quantitative estimate of drug-likeness (QED) is 0.726. The zero-order chi connectivity index (χ0) is 14.8. The molecule has 4 nitrogen and oxygen atoms in total. The van der Waals surface area contributed by atoms with Crippen LogP contribution in [0.1, 0.15) is 11.3 Å². The first-order valence-electron chi connectivity index (χ1n) is 6.52. The molecule has 0 spiro atoms. The third-order valence-electron chi connectivity index (χ3n) is 3.18. The van der Waals surface area contributed by atoms with Gasteiger partial charge in [-0.1, -0.05) is 24.4 Å². The van der Waals surface area contributed by atoms with Crippen molar-refractivity contribution in [1.82, 2.24) is 9.97 Å². The van der Waals surface area contributed by atoms with Crippen molar-refractivity contribution in [2.24, 2.45) is 5.73 Å². The van der Waals surface area contributed by atoms with Crippen LogP contribution in [0, 0.1) is 6.92 Å². The van der Waals surface area contributed by atoms with E-state index in [4.69, 9.17) is 18.0 Å². The lowest BCUT2D eigenvalue weighted by Gasteiger charge is -2.11. The first-order valence-corrected chi connectivity index (χ1v) is 6.92. The third kappa shape index (κ3) is 2.83. The van der Waals surface area contributed by atoms with Crippen LogP contribution < -0.4 is 11.1 Å². The van der Waals surface area contributed by atoms with E-state index in [2.05, 4.69) is 15.3 Å². The molecule has 0 saturated heterocycles. The van der Waals surface area contributed by atoms with Crippen LogP contribution in [-0.2, 0) is 0 Å². The number of hydrogen-bond acceptors (Lipinski definition) is 4. The van der Waals surface area contributed by atoms with Gasteiger partial charge >= 0.3 is 0 Å². The van der Waals surface area contributed by atoms with Gasteiger partial charge in [-0.2, -0.15) is 0 Å². The zero-order valence-electron chi connectivity index (χ0n) is 11.5. The summed E-state index contributed by atoms with van der Waals surface area (Å²) in [5.74, 6) is 0.717. The summed E-state index contributed by atoms with van der Waals surface area (Å²) >= 11 is 5.04. The van der Waals surface area contributed by atoms with Crippen LogP contribution in [0.4, 0.5) is 11.5 Å². The first kappa shape index (κ1) is 13.5. The number of hydrogen-bond donors (Lipinski definition) is 2. The Morgan fingerprint density at radius 1 is 1.24 bits per heavy atom. The highest BCUT2D eigenvalue weighted by atomic mass is 32.1. The average Bonchev–Trinajstić information content (AvgIpc) is 2.47. The summed E-state index contributed by atoms with van der Waals surface area (Å²) in [6, 6.07) is 11.7. The van der Waals surface area contributed by atoms with Crippen LogP contribution in [0.25, 0.3) is 10.8 Å². The van der Waals surface area contributed by atoms with Crippen molar-refractivity contribution >= 4 is 39.5 Å². The lowest BCUT2D eigenvalue weighted by molar-refractivity contribution is 1.19. The Morgan fingerprint density at radius 2 is 2.10 bits per heavy atom. The second-order valence-corrected chi connectivity index (χ2v) is 5.21. The zero-order valence-corrected chi connectivity index (χ0v) is 12.3. The maximum atomic E-state index is 5.70. The van der Waals surface area contributed by atoms with Gasteiger partial charge in [-0.25, -0.2) is 4.98 Å². The number of nitrogens with zero attached hydrogens (tertiary/aromatic N) is 2. The van der Waals surface area contributed by atoms with Crippen molar-refractivity contribution in [1.29, 1.82) is 0 Å². The number of pyridine rings is 2. The van der Waals surface area contributed by atoms with Gasteiger partial charge in [0, 0.05) is 34.7 Å². The third-order valence-corrected chi connectivity index (χ3v) is 3.42. The Morgan fingerprint density at radius 3 is 2.90 bits per heavy atom. The molecular weight excluding hydrogens is 280 g/mol. The normalized spacial score (nSPS) is 10.5. The molecule has 3 aromatic rings. The number of fused-ring (bicyclic) bond motifs is 1. The maximum absolute atomic E-state index is 5.70. The number of benzene rings is 1.